The van der Waals surface area contributed by atoms with Crippen molar-refractivity contribution in [2.75, 3.05) is 27.4 Å². The second-order valence-electron chi connectivity index (χ2n) is 4.82. The number of fused-ring (bicyclic) bond motifs is 1. The van der Waals surface area contributed by atoms with Gasteiger partial charge in [-0.25, -0.2) is 0 Å². The van der Waals surface area contributed by atoms with Crippen LogP contribution >= 0.6 is 12.2 Å². The van der Waals surface area contributed by atoms with Crippen molar-refractivity contribution in [3.05, 3.63) is 29.1 Å². The minimum absolute atomic E-state index is 0.562. The highest BCUT2D eigenvalue weighted by Crippen LogP contribution is 2.31. The molecule has 1 N–H and O–H groups in total. The smallest absolute Gasteiger partial charge is 0.178 e. The van der Waals surface area contributed by atoms with Crippen LogP contribution < -0.4 is 9.47 Å². The number of hydrogen-bond donors (Lipinski definition) is 1. The van der Waals surface area contributed by atoms with Crippen molar-refractivity contribution in [2.45, 2.75) is 13.5 Å². The standard InChI is InChI=1S/C15H20N2O3S/c1-10(2)9-20-6-5-17-12-8-14(19-4)13(18-3)7-11(12)16-15(17)21/h7-8H,1,5-6,9H2,2-4H3,(H,16,21). The number of aromatic nitrogens is 2. The molecule has 0 radical (unpaired) electrons. The molecule has 0 fully saturated rings. The van der Waals surface area contributed by atoms with Crippen LogP contribution in [-0.2, 0) is 11.3 Å². The van der Waals surface area contributed by atoms with E-state index in [0.29, 0.717) is 36.0 Å². The number of imidazole rings is 1. The molecule has 0 unspecified atom stereocenters. The molecule has 0 spiro atoms. The molecule has 0 amide bonds. The van der Waals surface area contributed by atoms with Crippen molar-refractivity contribution >= 4 is 23.3 Å². The van der Waals surface area contributed by atoms with Gasteiger partial charge in [-0.1, -0.05) is 12.2 Å². The molecule has 1 aromatic carbocycles. The zero-order valence-corrected chi connectivity index (χ0v) is 13.4. The third kappa shape index (κ3) is 3.46. The highest BCUT2D eigenvalue weighted by molar-refractivity contribution is 7.71. The number of aromatic amines is 1. The molecule has 0 saturated carbocycles. The highest BCUT2D eigenvalue weighted by Gasteiger charge is 2.11. The van der Waals surface area contributed by atoms with E-state index in [1.54, 1.807) is 14.2 Å². The van der Waals surface area contributed by atoms with E-state index in [-0.39, 0.29) is 0 Å². The summed E-state index contributed by atoms with van der Waals surface area (Å²) in [6, 6.07) is 3.80. The fourth-order valence-corrected chi connectivity index (χ4v) is 2.41. The summed E-state index contributed by atoms with van der Waals surface area (Å²) in [5.74, 6) is 1.35. The molecular weight excluding hydrogens is 288 g/mol. The number of nitrogens with one attached hydrogen (secondary N) is 1. The SMILES string of the molecule is C=C(C)COCCn1c(=S)[nH]c2cc(OC)c(OC)cc21. The molecular formula is C15H20N2O3S. The lowest BCUT2D eigenvalue weighted by Gasteiger charge is -2.09. The third-order valence-electron chi connectivity index (χ3n) is 3.09. The van der Waals surface area contributed by atoms with Gasteiger partial charge in [-0.05, 0) is 19.1 Å². The van der Waals surface area contributed by atoms with Crippen LogP contribution in [0.2, 0.25) is 0 Å². The zero-order chi connectivity index (χ0) is 15.4. The Morgan fingerprint density at radius 1 is 1.29 bits per heavy atom. The molecule has 0 atom stereocenters. The summed E-state index contributed by atoms with van der Waals surface area (Å²) in [5.41, 5.74) is 2.89. The average molecular weight is 308 g/mol. The van der Waals surface area contributed by atoms with Crippen molar-refractivity contribution in [3.63, 3.8) is 0 Å². The molecule has 0 bridgehead atoms. The predicted octanol–water partition coefficient (Wildman–Crippen LogP) is 3.31. The van der Waals surface area contributed by atoms with Crippen molar-refractivity contribution < 1.29 is 14.2 Å². The van der Waals surface area contributed by atoms with Gasteiger partial charge in [0.2, 0.25) is 0 Å². The minimum Gasteiger partial charge on any atom is -0.493 e. The van der Waals surface area contributed by atoms with E-state index in [1.807, 2.05) is 23.6 Å². The minimum atomic E-state index is 0.562. The highest BCUT2D eigenvalue weighted by atomic mass is 32.1. The monoisotopic (exact) mass is 308 g/mol. The molecule has 6 heteroatoms. The fourth-order valence-electron chi connectivity index (χ4n) is 2.11. The third-order valence-corrected chi connectivity index (χ3v) is 3.41. The first-order chi connectivity index (χ1) is 10.1. The first-order valence-corrected chi connectivity index (χ1v) is 7.04. The van der Waals surface area contributed by atoms with Crippen molar-refractivity contribution in [1.29, 1.82) is 0 Å². The second kappa shape index (κ2) is 6.78. The summed E-state index contributed by atoms with van der Waals surface area (Å²) in [6.07, 6.45) is 0. The van der Waals surface area contributed by atoms with Crippen LogP contribution in [0.4, 0.5) is 0 Å². The number of rotatable bonds is 7. The number of nitrogens with zero attached hydrogens (tertiary/aromatic N) is 1. The summed E-state index contributed by atoms with van der Waals surface area (Å²) >= 11 is 5.37. The lowest BCUT2D eigenvalue weighted by Crippen LogP contribution is -2.07. The van der Waals surface area contributed by atoms with E-state index in [1.165, 1.54) is 0 Å². The van der Waals surface area contributed by atoms with Crippen molar-refractivity contribution in [3.8, 4) is 11.5 Å². The first-order valence-electron chi connectivity index (χ1n) is 6.63. The van der Waals surface area contributed by atoms with Gasteiger partial charge in [-0.15, -0.1) is 0 Å². The molecule has 114 valence electrons. The summed E-state index contributed by atoms with van der Waals surface area (Å²) < 4.78 is 18.8. The van der Waals surface area contributed by atoms with Crippen LogP contribution in [0.3, 0.4) is 0 Å². The lowest BCUT2D eigenvalue weighted by molar-refractivity contribution is 0.148. The lowest BCUT2D eigenvalue weighted by atomic mass is 10.2. The summed E-state index contributed by atoms with van der Waals surface area (Å²) in [5, 5.41) is 0. The Morgan fingerprint density at radius 2 is 1.95 bits per heavy atom. The Bertz CT molecular complexity index is 703. The van der Waals surface area contributed by atoms with E-state index < -0.39 is 0 Å². The van der Waals surface area contributed by atoms with Crippen LogP contribution in [0.25, 0.3) is 11.0 Å². The Morgan fingerprint density at radius 3 is 2.57 bits per heavy atom. The van der Waals surface area contributed by atoms with Gasteiger partial charge in [0, 0.05) is 18.7 Å². The van der Waals surface area contributed by atoms with Gasteiger partial charge in [0.15, 0.2) is 16.3 Å². The van der Waals surface area contributed by atoms with Crippen LogP contribution in [0.5, 0.6) is 11.5 Å². The summed E-state index contributed by atoms with van der Waals surface area (Å²) in [4.78, 5) is 3.17. The average Bonchev–Trinajstić information content (AvgIpc) is 2.76. The number of benzene rings is 1. The number of H-pyrrole nitrogens is 1. The van der Waals surface area contributed by atoms with E-state index in [4.69, 9.17) is 26.4 Å². The summed E-state index contributed by atoms with van der Waals surface area (Å²) in [6.45, 7) is 7.55. The maximum absolute atomic E-state index is 5.54. The Balaban J connectivity index is 2.29. The van der Waals surface area contributed by atoms with Gasteiger partial charge < -0.3 is 23.8 Å². The predicted molar refractivity (Wildman–Crippen MR) is 85.9 cm³/mol. The number of ether oxygens (including phenoxy) is 3. The largest absolute Gasteiger partial charge is 0.493 e. The zero-order valence-electron chi connectivity index (χ0n) is 12.6. The maximum atomic E-state index is 5.54. The van der Waals surface area contributed by atoms with Gasteiger partial charge in [-0.2, -0.15) is 0 Å². The molecule has 1 aromatic heterocycles. The molecule has 0 aliphatic heterocycles. The van der Waals surface area contributed by atoms with Crippen LogP contribution in [0.15, 0.2) is 24.3 Å². The summed E-state index contributed by atoms with van der Waals surface area (Å²) in [7, 11) is 3.23. The van der Waals surface area contributed by atoms with E-state index in [0.717, 1.165) is 16.6 Å². The molecule has 0 saturated heterocycles. The maximum Gasteiger partial charge on any atom is 0.178 e. The van der Waals surface area contributed by atoms with Gasteiger partial charge in [0.25, 0.3) is 0 Å². The van der Waals surface area contributed by atoms with Crippen molar-refractivity contribution in [1.82, 2.24) is 9.55 Å². The van der Waals surface area contributed by atoms with Gasteiger partial charge in [0.1, 0.15) is 0 Å². The van der Waals surface area contributed by atoms with Crippen LogP contribution in [0.1, 0.15) is 6.92 Å². The topological polar surface area (TPSA) is 48.4 Å². The molecule has 0 aliphatic rings. The Labute approximate surface area is 129 Å². The number of hydrogen-bond acceptors (Lipinski definition) is 4. The van der Waals surface area contributed by atoms with E-state index in [9.17, 15) is 0 Å². The molecule has 2 aromatic rings. The van der Waals surface area contributed by atoms with E-state index in [2.05, 4.69) is 11.6 Å². The van der Waals surface area contributed by atoms with E-state index >= 15 is 0 Å². The fraction of sp³-hybridized carbons (Fsp3) is 0.400. The quantitative estimate of drug-likeness (QED) is 0.484. The van der Waals surface area contributed by atoms with Gasteiger partial charge >= 0.3 is 0 Å². The normalized spacial score (nSPS) is 10.8. The Hall–Kier alpha value is -1.79. The number of methoxy groups -OCH3 is 2. The van der Waals surface area contributed by atoms with Crippen LogP contribution in [0, 0.1) is 4.77 Å². The second-order valence-corrected chi connectivity index (χ2v) is 5.20. The first kappa shape index (κ1) is 15.6. The van der Waals surface area contributed by atoms with Gasteiger partial charge in [-0.3, -0.25) is 0 Å². The van der Waals surface area contributed by atoms with Crippen molar-refractivity contribution in [2.24, 2.45) is 0 Å². The molecule has 1 heterocycles. The molecule has 0 aliphatic carbocycles. The molecule has 2 rings (SSSR count). The molecule has 21 heavy (non-hydrogen) atoms. The van der Waals surface area contributed by atoms with Crippen LogP contribution in [-0.4, -0.2) is 37.0 Å². The van der Waals surface area contributed by atoms with Gasteiger partial charge in [0.05, 0.1) is 38.5 Å². The molecule has 5 nitrogen and oxygen atoms in total. The Kier molecular flexibility index (Phi) is 5.03.